The van der Waals surface area contributed by atoms with Crippen molar-refractivity contribution in [3.63, 3.8) is 0 Å². The highest BCUT2D eigenvalue weighted by Crippen LogP contribution is 2.48. The highest BCUT2D eigenvalue weighted by atomic mass is 31.1. The molecule has 4 aromatic carbocycles. The number of unbranched alkanes of at least 4 members (excludes halogenated alkanes) is 1. The third kappa shape index (κ3) is 6.85. The minimum atomic E-state index is -0.759. The van der Waals surface area contributed by atoms with Gasteiger partial charge < -0.3 is 10.1 Å². The van der Waals surface area contributed by atoms with Gasteiger partial charge in [0.1, 0.15) is 0 Å². The van der Waals surface area contributed by atoms with Crippen LogP contribution < -0.4 is 26.5 Å². The number of carbonyl (C=O) groups excluding carboxylic acids is 1. The van der Waals surface area contributed by atoms with E-state index in [0.717, 1.165) is 25.5 Å². The summed E-state index contributed by atoms with van der Waals surface area (Å²) < 4.78 is 5.98. The molecule has 39 heavy (non-hydrogen) atoms. The average Bonchev–Trinajstić information content (AvgIpc) is 3.41. The molecule has 200 valence electrons. The van der Waals surface area contributed by atoms with Gasteiger partial charge in [-0.2, -0.15) is 0 Å². The summed E-state index contributed by atoms with van der Waals surface area (Å²) in [6.07, 6.45) is 2.81. The molecule has 5 rings (SSSR count). The molecule has 1 N–H and O–H groups in total. The Kier molecular flexibility index (Phi) is 9.95. The van der Waals surface area contributed by atoms with E-state index >= 15 is 0 Å². The lowest BCUT2D eigenvalue weighted by Gasteiger charge is -2.31. The summed E-state index contributed by atoms with van der Waals surface area (Å²) >= 11 is 0. The van der Waals surface area contributed by atoms with Crippen molar-refractivity contribution in [1.82, 2.24) is 5.32 Å². The van der Waals surface area contributed by atoms with Gasteiger partial charge in [0.05, 0.1) is 12.5 Å². The predicted molar refractivity (Wildman–Crippen MR) is 168 cm³/mol. The third-order valence-corrected chi connectivity index (χ3v) is 12.8. The molecule has 0 amide bonds. The van der Waals surface area contributed by atoms with E-state index in [2.05, 4.69) is 134 Å². The molecule has 1 aliphatic heterocycles. The van der Waals surface area contributed by atoms with Crippen LogP contribution in [-0.2, 0) is 9.53 Å². The Morgan fingerprint density at radius 1 is 0.744 bits per heavy atom. The lowest BCUT2D eigenvalue weighted by atomic mass is 10.0. The molecule has 1 fully saturated rings. The number of hydrogen-bond donors (Lipinski definition) is 1. The standard InChI is InChI=1S/C34H37NO2P2/c1-2-3-24-37-34(36)33-31(26-38(27-16-8-4-9-17-27)28-18-10-5-11-19-28)35-25-32(33)39(29-20-12-6-13-21-29)30-22-14-7-15-23-30/h4-23,31-33,35H,2-3,24-26H2,1H3. The van der Waals surface area contributed by atoms with Gasteiger partial charge in [0.2, 0.25) is 0 Å². The van der Waals surface area contributed by atoms with Gasteiger partial charge in [-0.1, -0.05) is 135 Å². The largest absolute Gasteiger partial charge is 0.465 e. The predicted octanol–water partition coefficient (Wildman–Crippen LogP) is 5.55. The molecule has 3 atom stereocenters. The first kappa shape index (κ1) is 27.7. The van der Waals surface area contributed by atoms with E-state index in [-0.39, 0.29) is 23.6 Å². The van der Waals surface area contributed by atoms with Crippen molar-refractivity contribution >= 4 is 43.0 Å². The average molecular weight is 554 g/mol. The van der Waals surface area contributed by atoms with Crippen LogP contribution in [0.3, 0.4) is 0 Å². The maximum absolute atomic E-state index is 13.9. The zero-order valence-electron chi connectivity index (χ0n) is 22.5. The fourth-order valence-electron chi connectivity index (χ4n) is 5.44. The summed E-state index contributed by atoms with van der Waals surface area (Å²) in [5, 5.41) is 9.16. The van der Waals surface area contributed by atoms with Crippen LogP contribution >= 0.6 is 15.8 Å². The monoisotopic (exact) mass is 553 g/mol. The van der Waals surface area contributed by atoms with Crippen molar-refractivity contribution in [3.8, 4) is 0 Å². The van der Waals surface area contributed by atoms with Crippen LogP contribution in [0.4, 0.5) is 0 Å². The van der Waals surface area contributed by atoms with E-state index in [1.807, 2.05) is 0 Å². The summed E-state index contributed by atoms with van der Waals surface area (Å²) in [5.74, 6) is -0.246. The zero-order chi connectivity index (χ0) is 26.9. The molecular weight excluding hydrogens is 516 g/mol. The minimum absolute atomic E-state index is 0.0427. The molecule has 0 bridgehead atoms. The van der Waals surface area contributed by atoms with E-state index < -0.39 is 15.8 Å². The van der Waals surface area contributed by atoms with Gasteiger partial charge in [0.15, 0.2) is 0 Å². The van der Waals surface area contributed by atoms with E-state index in [1.54, 1.807) is 0 Å². The molecule has 0 radical (unpaired) electrons. The van der Waals surface area contributed by atoms with Crippen LogP contribution in [0, 0.1) is 5.92 Å². The maximum atomic E-state index is 13.9. The third-order valence-electron chi connectivity index (χ3n) is 7.37. The molecule has 0 spiro atoms. The lowest BCUT2D eigenvalue weighted by Crippen LogP contribution is -2.40. The van der Waals surface area contributed by atoms with Gasteiger partial charge >= 0.3 is 5.97 Å². The Labute approximate surface area is 235 Å². The number of esters is 1. The summed E-state index contributed by atoms with van der Waals surface area (Å²) in [7, 11) is -1.40. The fourth-order valence-corrected chi connectivity index (χ4v) is 11.0. The van der Waals surface area contributed by atoms with E-state index in [0.29, 0.717) is 6.61 Å². The zero-order valence-corrected chi connectivity index (χ0v) is 24.3. The van der Waals surface area contributed by atoms with Gasteiger partial charge in [0.25, 0.3) is 0 Å². The van der Waals surface area contributed by atoms with Crippen LogP contribution in [0.5, 0.6) is 0 Å². The van der Waals surface area contributed by atoms with Gasteiger partial charge in [-0.25, -0.2) is 0 Å². The molecule has 1 aliphatic rings. The number of benzene rings is 4. The van der Waals surface area contributed by atoms with Crippen molar-refractivity contribution in [3.05, 3.63) is 121 Å². The van der Waals surface area contributed by atoms with Crippen LogP contribution in [0.15, 0.2) is 121 Å². The number of carbonyl (C=O) groups is 1. The van der Waals surface area contributed by atoms with Crippen molar-refractivity contribution < 1.29 is 9.53 Å². The SMILES string of the molecule is CCCCOC(=O)C1C(CP(c2ccccc2)c2ccccc2)NCC1P(c1ccccc1)c1ccccc1. The molecule has 3 unspecified atom stereocenters. The van der Waals surface area contributed by atoms with Gasteiger partial charge in [-0.3, -0.25) is 4.79 Å². The molecular formula is C34H37NO2P2. The van der Waals surface area contributed by atoms with Crippen LogP contribution in [0.1, 0.15) is 19.8 Å². The maximum Gasteiger partial charge on any atom is 0.311 e. The smallest absolute Gasteiger partial charge is 0.311 e. The molecule has 0 saturated carbocycles. The second-order valence-electron chi connectivity index (χ2n) is 9.95. The number of nitrogens with one attached hydrogen (secondary N) is 1. The molecule has 1 saturated heterocycles. The van der Waals surface area contributed by atoms with Crippen molar-refractivity contribution in [2.75, 3.05) is 19.3 Å². The molecule has 3 nitrogen and oxygen atoms in total. The minimum Gasteiger partial charge on any atom is -0.465 e. The van der Waals surface area contributed by atoms with Crippen molar-refractivity contribution in [2.45, 2.75) is 31.5 Å². The first-order valence-electron chi connectivity index (χ1n) is 13.9. The summed E-state index contributed by atoms with van der Waals surface area (Å²) in [5.41, 5.74) is 0.160. The van der Waals surface area contributed by atoms with Crippen LogP contribution in [0.2, 0.25) is 0 Å². The molecule has 5 heteroatoms. The topological polar surface area (TPSA) is 38.3 Å². The van der Waals surface area contributed by atoms with Gasteiger partial charge in [0, 0.05) is 18.2 Å². The first-order valence-corrected chi connectivity index (χ1v) is 16.9. The normalized spacial score (nSPS) is 18.9. The summed E-state index contributed by atoms with van der Waals surface area (Å²) in [6, 6.07) is 43.2. The number of ether oxygens (including phenoxy) is 1. The molecule has 4 aromatic rings. The van der Waals surface area contributed by atoms with Gasteiger partial charge in [-0.05, 0) is 49.6 Å². The van der Waals surface area contributed by atoms with Crippen molar-refractivity contribution in [1.29, 1.82) is 0 Å². The Balaban J connectivity index is 1.52. The van der Waals surface area contributed by atoms with E-state index in [9.17, 15) is 4.79 Å². The Morgan fingerprint density at radius 2 is 1.21 bits per heavy atom. The Bertz CT molecular complexity index is 1210. The fraction of sp³-hybridized carbons (Fsp3) is 0.265. The highest BCUT2D eigenvalue weighted by Gasteiger charge is 2.47. The molecule has 0 aromatic heterocycles. The number of rotatable bonds is 11. The van der Waals surface area contributed by atoms with Crippen molar-refractivity contribution in [2.24, 2.45) is 5.92 Å². The van der Waals surface area contributed by atoms with Gasteiger partial charge in [-0.15, -0.1) is 0 Å². The summed E-state index contributed by atoms with van der Waals surface area (Å²) in [6.45, 7) is 3.43. The van der Waals surface area contributed by atoms with E-state index in [1.165, 1.54) is 21.2 Å². The summed E-state index contributed by atoms with van der Waals surface area (Å²) in [4.78, 5) is 13.9. The molecule has 0 aliphatic carbocycles. The lowest BCUT2D eigenvalue weighted by molar-refractivity contribution is -0.148. The van der Waals surface area contributed by atoms with E-state index in [4.69, 9.17) is 4.74 Å². The second kappa shape index (κ2) is 14.0. The Hall–Kier alpha value is -2.83. The van der Waals surface area contributed by atoms with Crippen LogP contribution in [-0.4, -0.2) is 37.0 Å². The second-order valence-corrected chi connectivity index (χ2v) is 14.6. The van der Waals surface area contributed by atoms with Crippen LogP contribution in [0.25, 0.3) is 0 Å². The quantitative estimate of drug-likeness (QED) is 0.150. The molecule has 1 heterocycles. The highest BCUT2D eigenvalue weighted by molar-refractivity contribution is 7.74. The first-order chi connectivity index (χ1) is 19.3. The Morgan fingerprint density at radius 3 is 1.67 bits per heavy atom. The number of hydrogen-bond acceptors (Lipinski definition) is 3.